The van der Waals surface area contributed by atoms with E-state index < -0.39 is 11.5 Å². The predicted octanol–water partition coefficient (Wildman–Crippen LogP) is 1.41. The Morgan fingerprint density at radius 2 is 2.29 bits per heavy atom. The standard InChI is InChI=1S/C9H11BrN2O2/c1-5-3-6(4-12-7(5)10)9(2,11)8(13)14/h3-4H,11H2,1-2H3,(H,13,14)/t9-/m1/s1. The third-order valence-corrected chi connectivity index (χ3v) is 2.89. The Bertz CT molecular complexity index is 377. The number of halogens is 1. The first-order valence-electron chi connectivity index (χ1n) is 4.00. The van der Waals surface area contributed by atoms with E-state index >= 15 is 0 Å². The second kappa shape index (κ2) is 3.67. The number of carboxylic acid groups (broad SMARTS) is 1. The van der Waals surface area contributed by atoms with Crippen LogP contribution in [0.15, 0.2) is 16.9 Å². The molecule has 1 aromatic rings. The highest BCUT2D eigenvalue weighted by atomic mass is 79.9. The van der Waals surface area contributed by atoms with E-state index in [4.69, 9.17) is 10.8 Å². The van der Waals surface area contributed by atoms with Crippen LogP contribution in [0.25, 0.3) is 0 Å². The molecule has 0 aliphatic carbocycles. The minimum Gasteiger partial charge on any atom is -0.480 e. The summed E-state index contributed by atoms with van der Waals surface area (Å²) in [5.41, 5.74) is 5.61. The fourth-order valence-electron chi connectivity index (χ4n) is 0.966. The van der Waals surface area contributed by atoms with Gasteiger partial charge in [-0.3, -0.25) is 0 Å². The van der Waals surface area contributed by atoms with E-state index in [9.17, 15) is 4.79 Å². The lowest BCUT2D eigenvalue weighted by Crippen LogP contribution is -2.41. The topological polar surface area (TPSA) is 76.2 Å². The van der Waals surface area contributed by atoms with Crippen molar-refractivity contribution in [2.24, 2.45) is 5.73 Å². The molecule has 0 radical (unpaired) electrons. The number of nitrogens with two attached hydrogens (primary N) is 1. The monoisotopic (exact) mass is 258 g/mol. The van der Waals surface area contributed by atoms with Crippen LogP contribution in [0.2, 0.25) is 0 Å². The highest BCUT2D eigenvalue weighted by Crippen LogP contribution is 2.21. The number of hydrogen-bond donors (Lipinski definition) is 2. The van der Waals surface area contributed by atoms with Gasteiger partial charge < -0.3 is 10.8 Å². The van der Waals surface area contributed by atoms with Crippen molar-refractivity contribution in [2.45, 2.75) is 19.4 Å². The van der Waals surface area contributed by atoms with Gasteiger partial charge in [-0.15, -0.1) is 0 Å². The second-order valence-electron chi connectivity index (χ2n) is 3.34. The molecule has 0 aromatic carbocycles. The van der Waals surface area contributed by atoms with Crippen LogP contribution in [0.3, 0.4) is 0 Å². The van der Waals surface area contributed by atoms with Crippen molar-refractivity contribution in [3.05, 3.63) is 28.0 Å². The molecule has 3 N–H and O–H groups in total. The molecule has 0 aliphatic heterocycles. The molecule has 0 aliphatic rings. The third kappa shape index (κ3) is 1.93. The number of carbonyl (C=O) groups is 1. The second-order valence-corrected chi connectivity index (χ2v) is 4.09. The molecule has 14 heavy (non-hydrogen) atoms. The van der Waals surface area contributed by atoms with Crippen LogP contribution in [-0.2, 0) is 10.3 Å². The van der Waals surface area contributed by atoms with Crippen molar-refractivity contribution in [3.63, 3.8) is 0 Å². The van der Waals surface area contributed by atoms with Gasteiger partial charge in [-0.05, 0) is 41.4 Å². The average molecular weight is 259 g/mol. The summed E-state index contributed by atoms with van der Waals surface area (Å²) in [4.78, 5) is 14.9. The smallest absolute Gasteiger partial charge is 0.328 e. The maximum atomic E-state index is 10.9. The number of aromatic nitrogens is 1. The van der Waals surface area contributed by atoms with E-state index in [-0.39, 0.29) is 0 Å². The van der Waals surface area contributed by atoms with Crippen LogP contribution in [-0.4, -0.2) is 16.1 Å². The maximum Gasteiger partial charge on any atom is 0.328 e. The Hall–Kier alpha value is -0.940. The molecule has 0 unspecified atom stereocenters. The number of rotatable bonds is 2. The lowest BCUT2D eigenvalue weighted by Gasteiger charge is -2.19. The van der Waals surface area contributed by atoms with E-state index in [0.717, 1.165) is 5.56 Å². The number of nitrogens with zero attached hydrogens (tertiary/aromatic N) is 1. The van der Waals surface area contributed by atoms with Gasteiger partial charge in [0.1, 0.15) is 10.1 Å². The molecule has 1 aromatic heterocycles. The molecule has 76 valence electrons. The largest absolute Gasteiger partial charge is 0.480 e. The van der Waals surface area contributed by atoms with Crippen LogP contribution >= 0.6 is 15.9 Å². The van der Waals surface area contributed by atoms with Crippen LogP contribution in [0.1, 0.15) is 18.1 Å². The van der Waals surface area contributed by atoms with E-state index in [0.29, 0.717) is 10.2 Å². The zero-order valence-electron chi connectivity index (χ0n) is 7.91. The summed E-state index contributed by atoms with van der Waals surface area (Å²) in [6.07, 6.45) is 1.46. The molecular weight excluding hydrogens is 248 g/mol. The molecule has 0 bridgehead atoms. The molecule has 1 heterocycles. The summed E-state index contributed by atoms with van der Waals surface area (Å²) in [5.74, 6) is -1.07. The van der Waals surface area contributed by atoms with Gasteiger partial charge in [-0.25, -0.2) is 9.78 Å². The quantitative estimate of drug-likeness (QED) is 0.787. The Morgan fingerprint density at radius 3 is 2.71 bits per heavy atom. The summed E-state index contributed by atoms with van der Waals surface area (Å²) in [7, 11) is 0. The Kier molecular flexibility index (Phi) is 2.92. The van der Waals surface area contributed by atoms with E-state index in [1.54, 1.807) is 6.07 Å². The zero-order chi connectivity index (χ0) is 10.9. The molecule has 0 fully saturated rings. The Labute approximate surface area is 90.3 Å². The van der Waals surface area contributed by atoms with Crippen molar-refractivity contribution in [1.29, 1.82) is 0 Å². The van der Waals surface area contributed by atoms with Gasteiger partial charge >= 0.3 is 5.97 Å². The third-order valence-electron chi connectivity index (χ3n) is 2.06. The number of pyridine rings is 1. The molecule has 5 heteroatoms. The lowest BCUT2D eigenvalue weighted by atomic mass is 9.94. The average Bonchev–Trinajstić information content (AvgIpc) is 2.09. The van der Waals surface area contributed by atoms with Crippen LogP contribution < -0.4 is 5.73 Å². The number of aryl methyl sites for hydroxylation is 1. The van der Waals surface area contributed by atoms with Crippen molar-refractivity contribution in [2.75, 3.05) is 0 Å². The first-order valence-corrected chi connectivity index (χ1v) is 4.80. The fraction of sp³-hybridized carbons (Fsp3) is 0.333. The molecule has 0 amide bonds. The maximum absolute atomic E-state index is 10.9. The molecule has 0 spiro atoms. The van der Waals surface area contributed by atoms with Crippen LogP contribution in [0.4, 0.5) is 0 Å². The minimum atomic E-state index is -1.39. The number of carboxylic acids is 1. The predicted molar refractivity (Wildman–Crippen MR) is 55.8 cm³/mol. The van der Waals surface area contributed by atoms with Crippen molar-refractivity contribution < 1.29 is 9.90 Å². The van der Waals surface area contributed by atoms with Gasteiger partial charge in [-0.1, -0.05) is 0 Å². The van der Waals surface area contributed by atoms with Gasteiger partial charge in [0.25, 0.3) is 0 Å². The van der Waals surface area contributed by atoms with Gasteiger partial charge in [0.05, 0.1) is 0 Å². The lowest BCUT2D eigenvalue weighted by molar-refractivity contribution is -0.143. The number of aliphatic carboxylic acids is 1. The Balaban J connectivity index is 3.21. The van der Waals surface area contributed by atoms with Gasteiger partial charge in [0.2, 0.25) is 0 Å². The van der Waals surface area contributed by atoms with Gasteiger partial charge in [-0.2, -0.15) is 0 Å². The summed E-state index contributed by atoms with van der Waals surface area (Å²) in [6.45, 7) is 3.28. The molecule has 0 saturated heterocycles. The zero-order valence-corrected chi connectivity index (χ0v) is 9.50. The normalized spacial score (nSPS) is 14.9. The van der Waals surface area contributed by atoms with Crippen molar-refractivity contribution in [1.82, 2.24) is 4.98 Å². The first-order chi connectivity index (χ1) is 6.35. The van der Waals surface area contributed by atoms with Gasteiger partial charge in [0, 0.05) is 11.8 Å². The van der Waals surface area contributed by atoms with Crippen molar-refractivity contribution in [3.8, 4) is 0 Å². The van der Waals surface area contributed by atoms with E-state index in [2.05, 4.69) is 20.9 Å². The minimum absolute atomic E-state index is 0.491. The molecule has 1 rings (SSSR count). The molecular formula is C9H11BrN2O2. The summed E-state index contributed by atoms with van der Waals surface area (Å²) in [5, 5.41) is 8.89. The summed E-state index contributed by atoms with van der Waals surface area (Å²) >= 11 is 3.23. The van der Waals surface area contributed by atoms with Crippen molar-refractivity contribution >= 4 is 21.9 Å². The highest BCUT2D eigenvalue weighted by molar-refractivity contribution is 9.10. The fourth-order valence-corrected chi connectivity index (χ4v) is 1.18. The molecule has 1 atom stereocenters. The Morgan fingerprint density at radius 1 is 1.71 bits per heavy atom. The highest BCUT2D eigenvalue weighted by Gasteiger charge is 2.30. The molecule has 4 nitrogen and oxygen atoms in total. The number of hydrogen-bond acceptors (Lipinski definition) is 3. The van der Waals surface area contributed by atoms with E-state index in [1.165, 1.54) is 13.1 Å². The summed E-state index contributed by atoms with van der Waals surface area (Å²) < 4.78 is 0.697. The van der Waals surface area contributed by atoms with Crippen LogP contribution in [0.5, 0.6) is 0 Å². The van der Waals surface area contributed by atoms with E-state index in [1.807, 2.05) is 6.92 Å². The first kappa shape index (κ1) is 11.1. The van der Waals surface area contributed by atoms with Gasteiger partial charge in [0.15, 0.2) is 0 Å². The summed E-state index contributed by atoms with van der Waals surface area (Å²) in [6, 6.07) is 1.71. The molecule has 0 saturated carbocycles. The SMILES string of the molecule is Cc1cc([C@@](C)(N)C(=O)O)cnc1Br. The van der Waals surface area contributed by atoms with Crippen LogP contribution in [0, 0.1) is 6.92 Å².